The molecular weight excluding hydrogens is 332 g/mol. The Morgan fingerprint density at radius 1 is 0.731 bits per heavy atom. The molecule has 134 valence electrons. The molecule has 0 unspecified atom stereocenters. The molecule has 0 radical (unpaired) electrons. The zero-order valence-corrected chi connectivity index (χ0v) is 14.4. The molecule has 0 aliphatic carbocycles. The molecular formula is C16H20N10. The summed E-state index contributed by atoms with van der Waals surface area (Å²) in [6.07, 6.45) is 8.03. The molecule has 0 saturated carbocycles. The second-order valence-corrected chi connectivity index (χ2v) is 5.31. The molecule has 10 heteroatoms. The van der Waals surface area contributed by atoms with Gasteiger partial charge in [0.15, 0.2) is 0 Å². The lowest BCUT2D eigenvalue weighted by Gasteiger charge is -2.10. The molecule has 0 saturated heterocycles. The van der Waals surface area contributed by atoms with Crippen molar-refractivity contribution in [2.75, 3.05) is 36.1 Å². The predicted octanol–water partition coefficient (Wildman–Crippen LogP) is 0.802. The molecule has 26 heavy (non-hydrogen) atoms. The van der Waals surface area contributed by atoms with Crippen molar-refractivity contribution < 1.29 is 0 Å². The van der Waals surface area contributed by atoms with Gasteiger partial charge in [-0.2, -0.15) is 15.0 Å². The van der Waals surface area contributed by atoms with Crippen molar-refractivity contribution in [3.05, 3.63) is 48.6 Å². The van der Waals surface area contributed by atoms with Crippen LogP contribution in [0.15, 0.2) is 37.2 Å². The lowest BCUT2D eigenvalue weighted by atomic mass is 10.3. The summed E-state index contributed by atoms with van der Waals surface area (Å²) < 4.78 is 0. The summed E-state index contributed by atoms with van der Waals surface area (Å²) in [6, 6.07) is 3.77. The SMILES string of the molecule is CNc1nc(NCCc2ccncn2)nc(NCCc2ccncn2)n1. The van der Waals surface area contributed by atoms with E-state index >= 15 is 0 Å². The van der Waals surface area contributed by atoms with Crippen LogP contribution in [0.2, 0.25) is 0 Å². The van der Waals surface area contributed by atoms with Crippen molar-refractivity contribution in [1.29, 1.82) is 0 Å². The Labute approximate surface area is 151 Å². The highest BCUT2D eigenvalue weighted by Gasteiger charge is 2.06. The van der Waals surface area contributed by atoms with Crippen molar-refractivity contribution in [3.8, 4) is 0 Å². The molecule has 10 nitrogen and oxygen atoms in total. The summed E-state index contributed by atoms with van der Waals surface area (Å²) >= 11 is 0. The van der Waals surface area contributed by atoms with E-state index in [1.165, 1.54) is 12.7 Å². The molecule has 0 amide bonds. The van der Waals surface area contributed by atoms with Gasteiger partial charge in [0.05, 0.1) is 0 Å². The topological polar surface area (TPSA) is 126 Å². The number of hydrogen-bond donors (Lipinski definition) is 3. The maximum atomic E-state index is 4.39. The summed E-state index contributed by atoms with van der Waals surface area (Å²) in [5.41, 5.74) is 1.91. The van der Waals surface area contributed by atoms with Crippen LogP contribution in [0.1, 0.15) is 11.4 Å². The van der Waals surface area contributed by atoms with Crippen LogP contribution in [0.4, 0.5) is 17.8 Å². The van der Waals surface area contributed by atoms with E-state index in [1.807, 2.05) is 12.1 Å². The molecule has 3 N–H and O–H groups in total. The van der Waals surface area contributed by atoms with Gasteiger partial charge in [-0.05, 0) is 12.1 Å². The van der Waals surface area contributed by atoms with Crippen LogP contribution in [0.25, 0.3) is 0 Å². The van der Waals surface area contributed by atoms with Crippen LogP contribution in [0.3, 0.4) is 0 Å². The minimum absolute atomic E-state index is 0.495. The first-order valence-electron chi connectivity index (χ1n) is 8.25. The van der Waals surface area contributed by atoms with Gasteiger partial charge in [0.25, 0.3) is 0 Å². The monoisotopic (exact) mass is 352 g/mol. The second kappa shape index (κ2) is 9.16. The second-order valence-electron chi connectivity index (χ2n) is 5.31. The van der Waals surface area contributed by atoms with Crippen molar-refractivity contribution in [1.82, 2.24) is 34.9 Å². The van der Waals surface area contributed by atoms with E-state index < -0.39 is 0 Å². The molecule has 0 aliphatic rings. The third-order valence-corrected chi connectivity index (χ3v) is 3.47. The third kappa shape index (κ3) is 5.30. The van der Waals surface area contributed by atoms with Crippen molar-refractivity contribution in [3.63, 3.8) is 0 Å². The quantitative estimate of drug-likeness (QED) is 0.509. The smallest absolute Gasteiger partial charge is 0.229 e. The van der Waals surface area contributed by atoms with Gasteiger partial charge in [0, 0.05) is 56.8 Å². The molecule has 0 aromatic carbocycles. The van der Waals surface area contributed by atoms with E-state index in [2.05, 4.69) is 50.8 Å². The first kappa shape index (κ1) is 17.4. The summed E-state index contributed by atoms with van der Waals surface area (Å²) in [4.78, 5) is 29.2. The van der Waals surface area contributed by atoms with Crippen LogP contribution in [-0.4, -0.2) is 55.0 Å². The molecule has 3 heterocycles. The summed E-state index contributed by atoms with van der Waals surface area (Å²) in [5.74, 6) is 1.50. The number of nitrogens with zero attached hydrogens (tertiary/aromatic N) is 7. The van der Waals surface area contributed by atoms with E-state index in [-0.39, 0.29) is 0 Å². The minimum Gasteiger partial charge on any atom is -0.357 e. The Balaban J connectivity index is 1.55. The Bertz CT molecular complexity index is 733. The number of aromatic nitrogens is 7. The largest absolute Gasteiger partial charge is 0.357 e. The number of anilines is 3. The highest BCUT2D eigenvalue weighted by atomic mass is 15.3. The maximum Gasteiger partial charge on any atom is 0.229 e. The lowest BCUT2D eigenvalue weighted by Crippen LogP contribution is -2.14. The molecule has 3 aromatic heterocycles. The molecule has 3 rings (SSSR count). The number of rotatable bonds is 9. The lowest BCUT2D eigenvalue weighted by molar-refractivity contribution is 0.904. The zero-order valence-electron chi connectivity index (χ0n) is 14.4. The number of nitrogens with one attached hydrogen (secondary N) is 3. The van der Waals surface area contributed by atoms with Crippen LogP contribution >= 0.6 is 0 Å². The van der Waals surface area contributed by atoms with Crippen LogP contribution in [0.5, 0.6) is 0 Å². The fourth-order valence-electron chi connectivity index (χ4n) is 2.18. The first-order chi connectivity index (χ1) is 12.8. The van der Waals surface area contributed by atoms with Crippen molar-refractivity contribution in [2.45, 2.75) is 12.8 Å². The van der Waals surface area contributed by atoms with E-state index in [9.17, 15) is 0 Å². The van der Waals surface area contributed by atoms with Crippen LogP contribution < -0.4 is 16.0 Å². The number of hydrogen-bond acceptors (Lipinski definition) is 10. The Hall–Kier alpha value is -3.43. The standard InChI is InChI=1S/C16H20N10/c1-17-14-24-15(20-8-4-12-2-6-18-10-22-12)26-16(25-14)21-9-5-13-3-7-19-11-23-13/h2-3,6-7,10-11H,4-5,8-9H2,1H3,(H3,17,20,21,24,25,26). The normalized spacial score (nSPS) is 10.3. The van der Waals surface area contributed by atoms with E-state index in [4.69, 9.17) is 0 Å². The Morgan fingerprint density at radius 2 is 1.23 bits per heavy atom. The molecule has 0 spiro atoms. The van der Waals surface area contributed by atoms with Crippen LogP contribution in [0, 0.1) is 0 Å². The van der Waals surface area contributed by atoms with E-state index in [0.717, 1.165) is 24.2 Å². The molecule has 0 fully saturated rings. The molecule has 0 aliphatic heterocycles. The average molecular weight is 352 g/mol. The van der Waals surface area contributed by atoms with Gasteiger partial charge in [-0.25, -0.2) is 19.9 Å². The highest BCUT2D eigenvalue weighted by molar-refractivity contribution is 5.41. The van der Waals surface area contributed by atoms with Gasteiger partial charge in [0.1, 0.15) is 12.7 Å². The summed E-state index contributed by atoms with van der Waals surface area (Å²) in [7, 11) is 1.77. The molecule has 0 bridgehead atoms. The predicted molar refractivity (Wildman–Crippen MR) is 97.8 cm³/mol. The fourth-order valence-corrected chi connectivity index (χ4v) is 2.18. The van der Waals surface area contributed by atoms with E-state index in [0.29, 0.717) is 30.9 Å². The summed E-state index contributed by atoms with van der Waals surface area (Å²) in [5, 5.41) is 9.33. The van der Waals surface area contributed by atoms with Crippen molar-refractivity contribution in [2.24, 2.45) is 0 Å². The Kier molecular flexibility index (Phi) is 6.13. The van der Waals surface area contributed by atoms with Gasteiger partial charge < -0.3 is 16.0 Å². The van der Waals surface area contributed by atoms with Gasteiger partial charge in [-0.15, -0.1) is 0 Å². The summed E-state index contributed by atoms with van der Waals surface area (Å²) in [6.45, 7) is 1.31. The van der Waals surface area contributed by atoms with Gasteiger partial charge >= 0.3 is 0 Å². The minimum atomic E-state index is 0.495. The maximum absolute atomic E-state index is 4.39. The molecule has 0 atom stereocenters. The van der Waals surface area contributed by atoms with Crippen molar-refractivity contribution >= 4 is 17.8 Å². The fraction of sp³-hybridized carbons (Fsp3) is 0.312. The highest BCUT2D eigenvalue weighted by Crippen LogP contribution is 2.09. The van der Waals surface area contributed by atoms with E-state index in [1.54, 1.807) is 19.4 Å². The van der Waals surface area contributed by atoms with Crippen LogP contribution in [-0.2, 0) is 12.8 Å². The zero-order chi connectivity index (χ0) is 18.0. The average Bonchev–Trinajstić information content (AvgIpc) is 2.69. The first-order valence-corrected chi connectivity index (χ1v) is 8.25. The van der Waals surface area contributed by atoms with Gasteiger partial charge in [-0.1, -0.05) is 0 Å². The molecule has 3 aromatic rings. The third-order valence-electron chi connectivity index (χ3n) is 3.47. The Morgan fingerprint density at radius 3 is 1.65 bits per heavy atom. The van der Waals surface area contributed by atoms with Gasteiger partial charge in [-0.3, -0.25) is 0 Å². The van der Waals surface area contributed by atoms with Gasteiger partial charge in [0.2, 0.25) is 17.8 Å².